The van der Waals surface area contributed by atoms with Crippen LogP contribution in [0.15, 0.2) is 0 Å². The van der Waals surface area contributed by atoms with Crippen LogP contribution in [0, 0.1) is 0 Å². The van der Waals surface area contributed by atoms with E-state index in [0.717, 1.165) is 0 Å². The minimum Gasteiger partial charge on any atom is -0.480 e. The molecule has 1 unspecified atom stereocenters. The molecule has 0 aromatic heterocycles. The van der Waals surface area contributed by atoms with Crippen LogP contribution in [-0.4, -0.2) is 42.8 Å². The quantitative estimate of drug-likeness (QED) is 0.492. The Morgan fingerprint density at radius 3 is 2.53 bits per heavy atom. The molecule has 0 aliphatic heterocycles. The lowest BCUT2D eigenvalue weighted by atomic mass is 10.1. The summed E-state index contributed by atoms with van der Waals surface area (Å²) in [4.78, 5) is 21.9. The molecule has 0 aromatic carbocycles. The summed E-state index contributed by atoms with van der Waals surface area (Å²) < 4.78 is 4.79. The van der Waals surface area contributed by atoms with Crippen molar-refractivity contribution in [1.29, 1.82) is 0 Å². The van der Waals surface area contributed by atoms with Crippen molar-refractivity contribution in [2.24, 2.45) is 5.73 Å². The highest BCUT2D eigenvalue weighted by Gasteiger charge is 2.20. The number of ether oxygens (including phenoxy) is 1. The number of hydrogen-bond acceptors (Lipinski definition) is 4. The van der Waals surface area contributed by atoms with Gasteiger partial charge in [-0.3, -0.25) is 4.79 Å². The molecule has 0 fully saturated rings. The molecule has 0 rings (SSSR count). The van der Waals surface area contributed by atoms with Gasteiger partial charge in [0.05, 0.1) is 6.04 Å². The number of carbonyl (C=O) groups is 2. The number of carboxylic acids is 1. The van der Waals surface area contributed by atoms with Crippen LogP contribution in [0.5, 0.6) is 0 Å². The third kappa shape index (κ3) is 6.03. The fourth-order valence-corrected chi connectivity index (χ4v) is 0.992. The molecule has 2 atom stereocenters. The Labute approximate surface area is 88.8 Å². The predicted octanol–water partition coefficient (Wildman–Crippen LogP) is -0.670. The third-order valence-electron chi connectivity index (χ3n) is 1.87. The maximum Gasteiger partial charge on any atom is 0.326 e. The number of nitrogens with two attached hydrogens (primary N) is 1. The first-order valence-corrected chi connectivity index (χ1v) is 4.76. The number of methoxy groups -OCH3 is 1. The van der Waals surface area contributed by atoms with Crippen LogP contribution in [0.2, 0.25) is 0 Å². The topological polar surface area (TPSA) is 102 Å². The van der Waals surface area contributed by atoms with Crippen LogP contribution in [0.25, 0.3) is 0 Å². The standard InChI is InChI=1S/C9H18N2O4/c1-6(10)8(12)11-7(9(13)14)4-3-5-15-2/h6-7H,3-5,10H2,1-2H3,(H,11,12)(H,13,14)/t6-,7?/m1/s1. The smallest absolute Gasteiger partial charge is 0.326 e. The van der Waals surface area contributed by atoms with Crippen molar-refractivity contribution in [2.45, 2.75) is 31.8 Å². The fraction of sp³-hybridized carbons (Fsp3) is 0.778. The Bertz CT molecular complexity index is 218. The van der Waals surface area contributed by atoms with Gasteiger partial charge in [0.2, 0.25) is 5.91 Å². The van der Waals surface area contributed by atoms with Crippen molar-refractivity contribution >= 4 is 11.9 Å². The zero-order chi connectivity index (χ0) is 11.8. The molecular weight excluding hydrogens is 200 g/mol. The summed E-state index contributed by atoms with van der Waals surface area (Å²) in [6.45, 7) is 1.97. The minimum atomic E-state index is -1.06. The van der Waals surface area contributed by atoms with Crippen molar-refractivity contribution in [3.63, 3.8) is 0 Å². The maximum atomic E-state index is 11.2. The zero-order valence-electron chi connectivity index (χ0n) is 9.03. The first-order chi connectivity index (χ1) is 6.99. The summed E-state index contributed by atoms with van der Waals surface area (Å²) in [5, 5.41) is 11.2. The Morgan fingerprint density at radius 1 is 1.53 bits per heavy atom. The molecule has 0 saturated carbocycles. The van der Waals surface area contributed by atoms with Gasteiger partial charge in [-0.1, -0.05) is 0 Å². The number of nitrogens with one attached hydrogen (secondary N) is 1. The second-order valence-corrected chi connectivity index (χ2v) is 3.32. The van der Waals surface area contributed by atoms with E-state index in [1.807, 2.05) is 0 Å². The average molecular weight is 218 g/mol. The van der Waals surface area contributed by atoms with Crippen LogP contribution in [-0.2, 0) is 14.3 Å². The van der Waals surface area contributed by atoms with E-state index in [2.05, 4.69) is 5.32 Å². The van der Waals surface area contributed by atoms with E-state index in [-0.39, 0.29) is 0 Å². The molecule has 1 amide bonds. The molecule has 15 heavy (non-hydrogen) atoms. The van der Waals surface area contributed by atoms with E-state index in [0.29, 0.717) is 19.4 Å². The average Bonchev–Trinajstić information content (AvgIpc) is 2.15. The highest BCUT2D eigenvalue weighted by atomic mass is 16.5. The molecule has 0 radical (unpaired) electrons. The largest absolute Gasteiger partial charge is 0.480 e. The van der Waals surface area contributed by atoms with Crippen molar-refractivity contribution in [2.75, 3.05) is 13.7 Å². The number of rotatable bonds is 7. The highest BCUT2D eigenvalue weighted by Crippen LogP contribution is 1.98. The summed E-state index contributed by atoms with van der Waals surface area (Å²) in [5.41, 5.74) is 5.31. The van der Waals surface area contributed by atoms with E-state index >= 15 is 0 Å². The van der Waals surface area contributed by atoms with Crippen molar-refractivity contribution in [3.05, 3.63) is 0 Å². The first kappa shape index (κ1) is 13.9. The van der Waals surface area contributed by atoms with Gasteiger partial charge in [0, 0.05) is 13.7 Å². The van der Waals surface area contributed by atoms with E-state index in [1.165, 1.54) is 14.0 Å². The zero-order valence-corrected chi connectivity index (χ0v) is 9.03. The normalized spacial score (nSPS) is 14.3. The van der Waals surface area contributed by atoms with Gasteiger partial charge in [0.25, 0.3) is 0 Å². The van der Waals surface area contributed by atoms with E-state index in [9.17, 15) is 9.59 Å². The van der Waals surface area contributed by atoms with Gasteiger partial charge in [0.1, 0.15) is 6.04 Å². The van der Waals surface area contributed by atoms with Gasteiger partial charge in [-0.25, -0.2) is 4.79 Å². The Morgan fingerprint density at radius 2 is 2.13 bits per heavy atom. The lowest BCUT2D eigenvalue weighted by molar-refractivity contribution is -0.142. The van der Waals surface area contributed by atoms with Gasteiger partial charge in [-0.15, -0.1) is 0 Å². The van der Waals surface area contributed by atoms with Gasteiger partial charge in [0.15, 0.2) is 0 Å². The molecule has 6 nitrogen and oxygen atoms in total. The van der Waals surface area contributed by atoms with Crippen molar-refractivity contribution in [1.82, 2.24) is 5.32 Å². The molecule has 0 bridgehead atoms. The highest BCUT2D eigenvalue weighted by molar-refractivity contribution is 5.86. The summed E-state index contributed by atoms with van der Waals surface area (Å²) in [5.74, 6) is -1.51. The lowest BCUT2D eigenvalue weighted by Crippen LogP contribution is -2.47. The predicted molar refractivity (Wildman–Crippen MR) is 54.3 cm³/mol. The van der Waals surface area contributed by atoms with Gasteiger partial charge < -0.3 is 20.9 Å². The number of aliphatic carboxylic acids is 1. The van der Waals surface area contributed by atoms with Gasteiger partial charge in [-0.2, -0.15) is 0 Å². The van der Waals surface area contributed by atoms with Crippen LogP contribution in [0.1, 0.15) is 19.8 Å². The van der Waals surface area contributed by atoms with Crippen LogP contribution in [0.4, 0.5) is 0 Å². The molecule has 0 spiro atoms. The molecule has 4 N–H and O–H groups in total. The van der Waals surface area contributed by atoms with Gasteiger partial charge in [-0.05, 0) is 19.8 Å². The molecule has 6 heteroatoms. The van der Waals surface area contributed by atoms with E-state index in [4.69, 9.17) is 15.6 Å². The maximum absolute atomic E-state index is 11.2. The Hall–Kier alpha value is -1.14. The van der Waals surface area contributed by atoms with Crippen LogP contribution >= 0.6 is 0 Å². The Balaban J connectivity index is 4.05. The van der Waals surface area contributed by atoms with Gasteiger partial charge >= 0.3 is 5.97 Å². The van der Waals surface area contributed by atoms with E-state index in [1.54, 1.807) is 0 Å². The molecule has 0 saturated heterocycles. The fourth-order valence-electron chi connectivity index (χ4n) is 0.992. The van der Waals surface area contributed by atoms with Crippen molar-refractivity contribution in [3.8, 4) is 0 Å². The second-order valence-electron chi connectivity index (χ2n) is 3.32. The minimum absolute atomic E-state index is 0.335. The first-order valence-electron chi connectivity index (χ1n) is 4.76. The number of amides is 1. The third-order valence-corrected chi connectivity index (χ3v) is 1.87. The number of carboxylic acid groups (broad SMARTS) is 1. The summed E-state index contributed by atoms with van der Waals surface area (Å²) in [7, 11) is 1.54. The van der Waals surface area contributed by atoms with Crippen molar-refractivity contribution < 1.29 is 19.4 Å². The van der Waals surface area contributed by atoms with E-state index < -0.39 is 24.0 Å². The molecule has 0 heterocycles. The molecule has 0 aromatic rings. The lowest BCUT2D eigenvalue weighted by Gasteiger charge is -2.15. The molecular formula is C9H18N2O4. The monoisotopic (exact) mass is 218 g/mol. The summed E-state index contributed by atoms with van der Waals surface area (Å²) >= 11 is 0. The molecule has 0 aliphatic rings. The summed E-state index contributed by atoms with van der Waals surface area (Å²) in [6.07, 6.45) is 0.911. The molecule has 88 valence electrons. The molecule has 0 aliphatic carbocycles. The van der Waals surface area contributed by atoms with Crippen LogP contribution < -0.4 is 11.1 Å². The summed E-state index contributed by atoms with van der Waals surface area (Å²) in [6, 6.07) is -1.59. The van der Waals surface area contributed by atoms with Crippen LogP contribution in [0.3, 0.4) is 0 Å². The number of carbonyl (C=O) groups excluding carboxylic acids is 1. The number of hydrogen-bond donors (Lipinski definition) is 3. The second kappa shape index (κ2) is 7.19. The Kier molecular flexibility index (Phi) is 6.64. The SMILES string of the molecule is COCCCC(NC(=O)[C@@H](C)N)C(=O)O.